The predicted molar refractivity (Wildman–Crippen MR) is 40.9 cm³/mol. The maximum atomic E-state index is 4.11. The Labute approximate surface area is 59.1 Å². The molecule has 10 heavy (non-hydrogen) atoms. The number of hydrogen-bond acceptors (Lipinski definition) is 3. The van der Waals surface area contributed by atoms with Gasteiger partial charge < -0.3 is 4.90 Å². The van der Waals surface area contributed by atoms with E-state index in [1.54, 1.807) is 6.21 Å². The number of aliphatic imine (C=N–C) groups is 2. The van der Waals surface area contributed by atoms with Gasteiger partial charge in [0.25, 0.3) is 0 Å². The maximum Gasteiger partial charge on any atom is 0.230 e. The molecule has 2 rings (SSSR count). The molecule has 0 aliphatic carbocycles. The Morgan fingerprint density at radius 1 is 1.60 bits per heavy atom. The summed E-state index contributed by atoms with van der Waals surface area (Å²) < 4.78 is 0. The first-order valence-corrected chi connectivity index (χ1v) is 3.10. The highest BCUT2D eigenvalue weighted by Gasteiger charge is 2.16. The fraction of sp³-hybridized carbons (Fsp3) is 0.143. The van der Waals surface area contributed by atoms with E-state index in [0.29, 0.717) is 0 Å². The molecule has 3 nitrogen and oxygen atoms in total. The van der Waals surface area contributed by atoms with Crippen molar-refractivity contribution in [2.45, 2.75) is 0 Å². The van der Waals surface area contributed by atoms with E-state index >= 15 is 0 Å². The smallest absolute Gasteiger partial charge is 0.230 e. The number of fused-ring (bicyclic) bond motifs is 1. The third-order valence-corrected chi connectivity index (χ3v) is 1.41. The van der Waals surface area contributed by atoms with Crippen LogP contribution >= 0.6 is 0 Å². The molecule has 0 fully saturated rings. The molecule has 0 aromatic rings. The third kappa shape index (κ3) is 0.673. The van der Waals surface area contributed by atoms with Gasteiger partial charge in [0, 0.05) is 12.4 Å². The number of hydrogen-bond donors (Lipinski definition) is 0. The van der Waals surface area contributed by atoms with Crippen molar-refractivity contribution in [1.29, 1.82) is 0 Å². The first-order chi connectivity index (χ1) is 4.86. The Morgan fingerprint density at radius 2 is 2.50 bits per heavy atom. The van der Waals surface area contributed by atoms with Crippen molar-refractivity contribution >= 4 is 12.2 Å². The van der Waals surface area contributed by atoms with Crippen molar-refractivity contribution in [3.8, 4) is 0 Å². The van der Waals surface area contributed by atoms with Crippen molar-refractivity contribution in [3.05, 3.63) is 24.6 Å². The van der Waals surface area contributed by atoms with E-state index in [2.05, 4.69) is 16.6 Å². The number of nitrogens with zero attached hydrogens (tertiary/aromatic N) is 3. The molecule has 0 aromatic carbocycles. The summed E-state index contributed by atoms with van der Waals surface area (Å²) in [4.78, 5) is 10.1. The van der Waals surface area contributed by atoms with Gasteiger partial charge in [-0.1, -0.05) is 6.58 Å². The lowest BCUT2D eigenvalue weighted by atomic mass is 10.5. The number of guanidine groups is 1. The lowest BCUT2D eigenvalue weighted by Crippen LogP contribution is -2.21. The number of rotatable bonds is 0. The minimum absolute atomic E-state index is 0.757. The molecule has 50 valence electrons. The number of allylic oxidation sites excluding steroid dienone is 1. The monoisotopic (exact) mass is 133 g/mol. The molecule has 0 N–H and O–H groups in total. The van der Waals surface area contributed by atoms with E-state index in [1.807, 2.05) is 17.2 Å². The van der Waals surface area contributed by atoms with Crippen LogP contribution in [0.3, 0.4) is 0 Å². The Bertz CT molecular complexity index is 260. The van der Waals surface area contributed by atoms with Crippen LogP contribution in [0.5, 0.6) is 0 Å². The van der Waals surface area contributed by atoms with E-state index < -0.39 is 0 Å². The predicted octanol–water partition coefficient (Wildman–Crippen LogP) is 0.770. The van der Waals surface area contributed by atoms with E-state index in [4.69, 9.17) is 0 Å². The Balaban J connectivity index is 2.37. The van der Waals surface area contributed by atoms with Gasteiger partial charge in [0.15, 0.2) is 0 Å². The normalized spacial score (nSPS) is 21.4. The summed E-state index contributed by atoms with van der Waals surface area (Å²) in [6.45, 7) is 4.52. The lowest BCUT2D eigenvalue weighted by molar-refractivity contribution is 0.629. The molecular formula is C7H7N3. The molecule has 0 saturated carbocycles. The highest BCUT2D eigenvalue weighted by molar-refractivity contribution is 5.96. The topological polar surface area (TPSA) is 28.0 Å². The molecule has 0 atom stereocenters. The first-order valence-electron chi connectivity index (χ1n) is 3.10. The molecule has 0 amide bonds. The zero-order valence-corrected chi connectivity index (χ0v) is 5.49. The Kier molecular flexibility index (Phi) is 0.974. The minimum atomic E-state index is 0.757. The third-order valence-electron chi connectivity index (χ3n) is 1.41. The molecule has 2 heterocycles. The van der Waals surface area contributed by atoms with Crippen LogP contribution in [0.4, 0.5) is 0 Å². The maximum absolute atomic E-state index is 4.11. The summed E-state index contributed by atoms with van der Waals surface area (Å²) in [5, 5.41) is 0. The molecule has 0 aromatic heterocycles. The quantitative estimate of drug-likeness (QED) is 0.479. The van der Waals surface area contributed by atoms with Gasteiger partial charge >= 0.3 is 0 Å². The average Bonchev–Trinajstić information content (AvgIpc) is 2.27. The molecule has 0 bridgehead atoms. The van der Waals surface area contributed by atoms with Crippen molar-refractivity contribution in [1.82, 2.24) is 4.90 Å². The SMILES string of the molecule is C=C1CN2C=CC=NC2=N1. The standard InChI is InChI=1S/C7H7N3/c1-6-5-10-4-2-3-8-7(10)9-6/h2-4H,1,5H2. The van der Waals surface area contributed by atoms with E-state index in [1.165, 1.54) is 0 Å². The van der Waals surface area contributed by atoms with Crippen LogP contribution in [-0.4, -0.2) is 23.6 Å². The second-order valence-corrected chi connectivity index (χ2v) is 2.23. The zero-order valence-electron chi connectivity index (χ0n) is 5.49. The molecule has 2 aliphatic rings. The van der Waals surface area contributed by atoms with Gasteiger partial charge in [-0.05, 0) is 6.08 Å². The summed E-state index contributed by atoms with van der Waals surface area (Å²) in [6, 6.07) is 0. The summed E-state index contributed by atoms with van der Waals surface area (Å²) in [7, 11) is 0. The van der Waals surface area contributed by atoms with Crippen LogP contribution in [0.25, 0.3) is 0 Å². The van der Waals surface area contributed by atoms with E-state index in [9.17, 15) is 0 Å². The van der Waals surface area contributed by atoms with Crippen molar-refractivity contribution in [2.75, 3.05) is 6.54 Å². The van der Waals surface area contributed by atoms with Gasteiger partial charge in [0.2, 0.25) is 5.96 Å². The van der Waals surface area contributed by atoms with E-state index in [-0.39, 0.29) is 0 Å². The van der Waals surface area contributed by atoms with Crippen LogP contribution in [0.15, 0.2) is 34.5 Å². The van der Waals surface area contributed by atoms with Crippen molar-refractivity contribution in [2.24, 2.45) is 9.98 Å². The van der Waals surface area contributed by atoms with Gasteiger partial charge in [0.1, 0.15) is 0 Å². The lowest BCUT2D eigenvalue weighted by Gasteiger charge is -2.12. The second kappa shape index (κ2) is 1.80. The van der Waals surface area contributed by atoms with Gasteiger partial charge in [-0.15, -0.1) is 0 Å². The molecular weight excluding hydrogens is 126 g/mol. The summed E-state index contributed by atoms with van der Waals surface area (Å²) in [6.07, 6.45) is 5.57. The zero-order chi connectivity index (χ0) is 6.97. The van der Waals surface area contributed by atoms with Gasteiger partial charge in [-0.2, -0.15) is 0 Å². The van der Waals surface area contributed by atoms with Crippen LogP contribution in [-0.2, 0) is 0 Å². The largest absolute Gasteiger partial charge is 0.311 e. The highest BCUT2D eigenvalue weighted by atomic mass is 15.3. The van der Waals surface area contributed by atoms with Gasteiger partial charge in [0.05, 0.1) is 12.2 Å². The van der Waals surface area contributed by atoms with Crippen molar-refractivity contribution < 1.29 is 0 Å². The fourth-order valence-corrected chi connectivity index (χ4v) is 0.983. The van der Waals surface area contributed by atoms with Gasteiger partial charge in [-0.3, -0.25) is 0 Å². The van der Waals surface area contributed by atoms with Crippen LogP contribution in [0, 0.1) is 0 Å². The molecule has 2 aliphatic heterocycles. The molecule has 3 heteroatoms. The van der Waals surface area contributed by atoms with E-state index in [0.717, 1.165) is 18.2 Å². The van der Waals surface area contributed by atoms with Crippen LogP contribution in [0.2, 0.25) is 0 Å². The summed E-state index contributed by atoms with van der Waals surface area (Å²) in [5.41, 5.74) is 0.874. The van der Waals surface area contributed by atoms with Crippen LogP contribution in [0.1, 0.15) is 0 Å². The minimum Gasteiger partial charge on any atom is -0.311 e. The Morgan fingerprint density at radius 3 is 3.30 bits per heavy atom. The fourth-order valence-electron chi connectivity index (χ4n) is 0.983. The summed E-state index contributed by atoms with van der Waals surface area (Å²) in [5.74, 6) is 0.757. The second-order valence-electron chi connectivity index (χ2n) is 2.23. The highest BCUT2D eigenvalue weighted by Crippen LogP contribution is 2.13. The van der Waals surface area contributed by atoms with Gasteiger partial charge in [-0.25, -0.2) is 9.98 Å². The molecule has 0 radical (unpaired) electrons. The average molecular weight is 133 g/mol. The van der Waals surface area contributed by atoms with Crippen LogP contribution < -0.4 is 0 Å². The Hall–Kier alpha value is -1.38. The molecule has 0 saturated heterocycles. The molecule has 0 unspecified atom stereocenters. The summed E-state index contributed by atoms with van der Waals surface area (Å²) >= 11 is 0. The first kappa shape index (κ1) is 5.41. The molecule has 0 spiro atoms. The van der Waals surface area contributed by atoms with Crippen molar-refractivity contribution in [3.63, 3.8) is 0 Å².